The van der Waals surface area contributed by atoms with Gasteiger partial charge in [0, 0.05) is 19.0 Å². The van der Waals surface area contributed by atoms with Gasteiger partial charge in [0.15, 0.2) is 5.96 Å². The summed E-state index contributed by atoms with van der Waals surface area (Å²) in [6, 6.07) is 11.0. The zero-order chi connectivity index (χ0) is 15.6. The van der Waals surface area contributed by atoms with E-state index in [4.69, 9.17) is 4.74 Å². The Kier molecular flexibility index (Phi) is 4.39. The third-order valence-corrected chi connectivity index (χ3v) is 4.90. The fraction of sp³-hybridized carbons (Fsp3) is 0.611. The smallest absolute Gasteiger partial charge is 0.191 e. The van der Waals surface area contributed by atoms with Crippen molar-refractivity contribution in [3.63, 3.8) is 0 Å². The summed E-state index contributed by atoms with van der Waals surface area (Å²) in [7, 11) is 1.83. The van der Waals surface area contributed by atoms with E-state index < -0.39 is 0 Å². The third-order valence-electron chi connectivity index (χ3n) is 4.90. The predicted octanol–water partition coefficient (Wildman–Crippen LogP) is 2.45. The molecule has 0 aliphatic carbocycles. The van der Waals surface area contributed by atoms with Gasteiger partial charge < -0.3 is 15.4 Å². The lowest BCUT2D eigenvalue weighted by atomic mass is 9.85. The molecule has 0 aromatic heterocycles. The zero-order valence-corrected chi connectivity index (χ0v) is 13.8. The monoisotopic (exact) mass is 301 g/mol. The van der Waals surface area contributed by atoms with Crippen LogP contribution in [0, 0.1) is 0 Å². The van der Waals surface area contributed by atoms with Crippen molar-refractivity contribution in [1.29, 1.82) is 0 Å². The summed E-state index contributed by atoms with van der Waals surface area (Å²) in [5, 5.41) is 7.01. The van der Waals surface area contributed by atoms with E-state index in [-0.39, 0.29) is 5.41 Å². The normalized spacial score (nSPS) is 28.0. The molecule has 120 valence electrons. The van der Waals surface area contributed by atoms with E-state index in [0.29, 0.717) is 18.2 Å². The Hall–Kier alpha value is -1.55. The predicted molar refractivity (Wildman–Crippen MR) is 90.3 cm³/mol. The summed E-state index contributed by atoms with van der Waals surface area (Å²) >= 11 is 0. The first-order chi connectivity index (χ1) is 10.6. The highest BCUT2D eigenvalue weighted by molar-refractivity contribution is 5.80. The Balaban J connectivity index is 1.55. The Bertz CT molecular complexity index is 526. The van der Waals surface area contributed by atoms with Crippen LogP contribution < -0.4 is 10.6 Å². The van der Waals surface area contributed by atoms with Crippen LogP contribution in [0.15, 0.2) is 35.3 Å². The molecule has 2 aliphatic heterocycles. The average molecular weight is 301 g/mol. The van der Waals surface area contributed by atoms with Crippen molar-refractivity contribution in [1.82, 2.24) is 10.6 Å². The average Bonchev–Trinajstić information content (AvgIpc) is 3.15. The maximum absolute atomic E-state index is 5.90. The van der Waals surface area contributed by atoms with Gasteiger partial charge in [-0.1, -0.05) is 44.2 Å². The minimum Gasteiger partial charge on any atom is -0.373 e. The number of rotatable bonds is 4. The molecule has 0 amide bonds. The fourth-order valence-electron chi connectivity index (χ4n) is 3.46. The van der Waals surface area contributed by atoms with E-state index in [1.54, 1.807) is 0 Å². The molecule has 2 bridgehead atoms. The summed E-state index contributed by atoms with van der Waals surface area (Å²) in [6.07, 6.45) is 4.32. The number of aliphatic imine (C=N–C) groups is 1. The standard InChI is InChI=1S/C18H27N3O/c1-18(2,13-7-5-4-6-8-13)12-20-17(19-3)21-15-11-14-9-10-16(15)22-14/h4-8,14-16H,9-12H2,1-3H3,(H2,19,20,21). The van der Waals surface area contributed by atoms with Gasteiger partial charge in [0.25, 0.3) is 0 Å². The van der Waals surface area contributed by atoms with Crippen molar-refractivity contribution in [2.45, 2.75) is 56.8 Å². The molecule has 0 radical (unpaired) electrons. The maximum Gasteiger partial charge on any atom is 0.191 e. The lowest BCUT2D eigenvalue weighted by molar-refractivity contribution is 0.0992. The number of hydrogen-bond donors (Lipinski definition) is 2. The Morgan fingerprint density at radius 3 is 2.64 bits per heavy atom. The number of fused-ring (bicyclic) bond motifs is 2. The highest BCUT2D eigenvalue weighted by atomic mass is 16.5. The molecule has 2 aliphatic rings. The Morgan fingerprint density at radius 2 is 2.05 bits per heavy atom. The second-order valence-electron chi connectivity index (χ2n) is 7.04. The molecule has 1 aromatic carbocycles. The molecule has 3 atom stereocenters. The zero-order valence-electron chi connectivity index (χ0n) is 13.8. The summed E-state index contributed by atoms with van der Waals surface area (Å²) in [5.74, 6) is 0.880. The minimum absolute atomic E-state index is 0.0596. The first kappa shape index (κ1) is 15.3. The molecule has 22 heavy (non-hydrogen) atoms. The van der Waals surface area contributed by atoms with Crippen LogP contribution >= 0.6 is 0 Å². The molecule has 3 rings (SSSR count). The van der Waals surface area contributed by atoms with E-state index in [0.717, 1.165) is 18.9 Å². The van der Waals surface area contributed by atoms with Gasteiger partial charge in [-0.15, -0.1) is 0 Å². The van der Waals surface area contributed by atoms with Crippen LogP contribution in [0.3, 0.4) is 0 Å². The molecule has 3 unspecified atom stereocenters. The Morgan fingerprint density at radius 1 is 1.27 bits per heavy atom. The number of hydrogen-bond acceptors (Lipinski definition) is 2. The first-order valence-electron chi connectivity index (χ1n) is 8.27. The molecule has 2 saturated heterocycles. The van der Waals surface area contributed by atoms with Crippen molar-refractivity contribution in [3.8, 4) is 0 Å². The molecule has 0 spiro atoms. The molecule has 2 N–H and O–H groups in total. The van der Waals surface area contributed by atoms with Crippen LogP contribution in [0.1, 0.15) is 38.7 Å². The lowest BCUT2D eigenvalue weighted by Crippen LogP contribution is -2.49. The fourth-order valence-corrected chi connectivity index (χ4v) is 3.46. The van der Waals surface area contributed by atoms with Gasteiger partial charge in [-0.2, -0.15) is 0 Å². The van der Waals surface area contributed by atoms with Gasteiger partial charge in [0.1, 0.15) is 0 Å². The maximum atomic E-state index is 5.90. The van der Waals surface area contributed by atoms with Gasteiger partial charge in [0.05, 0.1) is 18.2 Å². The van der Waals surface area contributed by atoms with Crippen LogP contribution in [0.4, 0.5) is 0 Å². The van der Waals surface area contributed by atoms with Gasteiger partial charge in [0.2, 0.25) is 0 Å². The first-order valence-corrected chi connectivity index (χ1v) is 8.27. The highest BCUT2D eigenvalue weighted by Crippen LogP contribution is 2.34. The topological polar surface area (TPSA) is 45.7 Å². The number of nitrogens with zero attached hydrogens (tertiary/aromatic N) is 1. The molecule has 1 aromatic rings. The minimum atomic E-state index is 0.0596. The van der Waals surface area contributed by atoms with Gasteiger partial charge >= 0.3 is 0 Å². The van der Waals surface area contributed by atoms with Crippen LogP contribution in [0.5, 0.6) is 0 Å². The molecular weight excluding hydrogens is 274 g/mol. The molecule has 2 fully saturated rings. The van der Waals surface area contributed by atoms with Crippen LogP contribution in [-0.4, -0.2) is 37.8 Å². The van der Waals surface area contributed by atoms with Gasteiger partial charge in [-0.3, -0.25) is 4.99 Å². The lowest BCUT2D eigenvalue weighted by Gasteiger charge is -2.28. The quantitative estimate of drug-likeness (QED) is 0.663. The van der Waals surface area contributed by atoms with Crippen molar-refractivity contribution in [2.24, 2.45) is 4.99 Å². The molecule has 2 heterocycles. The van der Waals surface area contributed by atoms with E-state index in [1.807, 2.05) is 7.05 Å². The third kappa shape index (κ3) is 3.27. The second-order valence-corrected chi connectivity index (χ2v) is 7.04. The summed E-state index contributed by atoms with van der Waals surface area (Å²) in [5.41, 5.74) is 1.39. The summed E-state index contributed by atoms with van der Waals surface area (Å²) < 4.78 is 5.90. The van der Waals surface area contributed by atoms with Gasteiger partial charge in [-0.25, -0.2) is 0 Å². The molecular formula is C18H27N3O. The molecule has 4 heteroatoms. The number of guanidine groups is 1. The summed E-state index contributed by atoms with van der Waals surface area (Å²) in [6.45, 7) is 5.35. The van der Waals surface area contributed by atoms with Crippen LogP contribution in [0.25, 0.3) is 0 Å². The molecule has 0 saturated carbocycles. The van der Waals surface area contributed by atoms with Crippen LogP contribution in [0.2, 0.25) is 0 Å². The largest absolute Gasteiger partial charge is 0.373 e. The van der Waals surface area contributed by atoms with E-state index in [2.05, 4.69) is 59.8 Å². The van der Waals surface area contributed by atoms with E-state index >= 15 is 0 Å². The molecule has 4 nitrogen and oxygen atoms in total. The van der Waals surface area contributed by atoms with Crippen molar-refractivity contribution in [3.05, 3.63) is 35.9 Å². The van der Waals surface area contributed by atoms with Gasteiger partial charge in [-0.05, 0) is 24.8 Å². The van der Waals surface area contributed by atoms with Crippen molar-refractivity contribution < 1.29 is 4.74 Å². The number of benzene rings is 1. The van der Waals surface area contributed by atoms with E-state index in [1.165, 1.54) is 18.4 Å². The van der Waals surface area contributed by atoms with Crippen LogP contribution in [-0.2, 0) is 10.2 Å². The SMILES string of the molecule is CN=C(NCC(C)(C)c1ccccc1)NC1CC2CCC1O2. The summed E-state index contributed by atoms with van der Waals surface area (Å²) in [4.78, 5) is 4.37. The Labute approximate surface area is 133 Å². The number of ether oxygens (including phenoxy) is 1. The highest BCUT2D eigenvalue weighted by Gasteiger charge is 2.41. The van der Waals surface area contributed by atoms with Crippen molar-refractivity contribution >= 4 is 5.96 Å². The number of nitrogens with one attached hydrogen (secondary N) is 2. The second kappa shape index (κ2) is 6.29. The van der Waals surface area contributed by atoms with E-state index in [9.17, 15) is 0 Å². The van der Waals surface area contributed by atoms with Crippen molar-refractivity contribution in [2.75, 3.05) is 13.6 Å².